The molecular formula is C18H27N. The van der Waals surface area contributed by atoms with E-state index in [4.69, 9.17) is 0 Å². The molecule has 104 valence electrons. The zero-order valence-electron chi connectivity index (χ0n) is 12.1. The average molecular weight is 257 g/mol. The Labute approximate surface area is 118 Å². The van der Waals surface area contributed by atoms with Gasteiger partial charge in [-0.2, -0.15) is 0 Å². The molecule has 1 aliphatic rings. The Morgan fingerprint density at radius 3 is 2.53 bits per heavy atom. The second kappa shape index (κ2) is 7.49. The summed E-state index contributed by atoms with van der Waals surface area (Å²) in [5.41, 5.74) is 1.37. The predicted octanol–water partition coefficient (Wildman–Crippen LogP) is 4.55. The fourth-order valence-electron chi connectivity index (χ4n) is 3.25. The lowest BCUT2D eigenvalue weighted by molar-refractivity contribution is 0.234. The van der Waals surface area contributed by atoms with Gasteiger partial charge in [-0.1, -0.05) is 62.6 Å². The Bertz CT molecular complexity index is 365. The van der Waals surface area contributed by atoms with Crippen molar-refractivity contribution in [3.63, 3.8) is 0 Å². The van der Waals surface area contributed by atoms with Crippen LogP contribution in [0.2, 0.25) is 0 Å². The van der Waals surface area contributed by atoms with Gasteiger partial charge in [0, 0.05) is 12.6 Å². The molecule has 2 unspecified atom stereocenters. The van der Waals surface area contributed by atoms with Crippen LogP contribution in [0.1, 0.15) is 44.6 Å². The first-order valence-electron chi connectivity index (χ1n) is 7.71. The molecule has 0 bridgehead atoms. The number of hydrogen-bond donors (Lipinski definition) is 1. The summed E-state index contributed by atoms with van der Waals surface area (Å²) in [6, 6.07) is 11.3. The van der Waals surface area contributed by atoms with E-state index in [1.165, 1.54) is 37.7 Å². The molecule has 1 aromatic carbocycles. The summed E-state index contributed by atoms with van der Waals surface area (Å²) in [6.07, 6.45) is 9.09. The van der Waals surface area contributed by atoms with Crippen LogP contribution in [0.4, 0.5) is 0 Å². The maximum atomic E-state index is 3.99. The number of rotatable bonds is 6. The van der Waals surface area contributed by atoms with E-state index in [0.717, 1.165) is 12.5 Å². The van der Waals surface area contributed by atoms with E-state index in [1.807, 2.05) is 0 Å². The largest absolute Gasteiger partial charge is 0.309 e. The Morgan fingerprint density at radius 2 is 1.89 bits per heavy atom. The second-order valence-electron chi connectivity index (χ2n) is 5.89. The topological polar surface area (TPSA) is 12.0 Å². The Balaban J connectivity index is 1.95. The van der Waals surface area contributed by atoms with Crippen molar-refractivity contribution in [2.24, 2.45) is 11.8 Å². The zero-order chi connectivity index (χ0) is 13.5. The van der Waals surface area contributed by atoms with Gasteiger partial charge in [-0.15, -0.1) is 6.58 Å². The van der Waals surface area contributed by atoms with Crippen molar-refractivity contribution >= 4 is 0 Å². The van der Waals surface area contributed by atoms with E-state index >= 15 is 0 Å². The van der Waals surface area contributed by atoms with Gasteiger partial charge in [-0.25, -0.2) is 0 Å². The van der Waals surface area contributed by atoms with Gasteiger partial charge in [0.25, 0.3) is 0 Å². The third kappa shape index (κ3) is 4.21. The lowest BCUT2D eigenvalue weighted by Gasteiger charge is -2.34. The lowest BCUT2D eigenvalue weighted by atomic mass is 9.79. The van der Waals surface area contributed by atoms with Crippen LogP contribution in [0.5, 0.6) is 0 Å². The highest BCUT2D eigenvalue weighted by Gasteiger charge is 2.26. The van der Waals surface area contributed by atoms with Gasteiger partial charge < -0.3 is 5.32 Å². The van der Waals surface area contributed by atoms with Crippen LogP contribution >= 0.6 is 0 Å². The maximum absolute atomic E-state index is 3.99. The normalized spacial score (nSPS) is 19.8. The molecule has 1 saturated carbocycles. The molecule has 0 aliphatic heterocycles. The van der Waals surface area contributed by atoms with E-state index in [0.29, 0.717) is 12.0 Å². The fourth-order valence-corrected chi connectivity index (χ4v) is 3.25. The second-order valence-corrected chi connectivity index (χ2v) is 5.89. The first kappa shape index (κ1) is 14.3. The Morgan fingerprint density at radius 1 is 1.21 bits per heavy atom. The molecule has 1 fully saturated rings. The standard InChI is InChI=1S/C18H27N/c1-3-15(2)18(17-12-8-5-9-13-17)19-14-16-10-6-4-7-11-16/h3-4,6-7,10-11,15,17-19H,1,5,8-9,12-14H2,2H3. The minimum atomic E-state index is 0.548. The summed E-state index contributed by atoms with van der Waals surface area (Å²) in [7, 11) is 0. The molecule has 0 radical (unpaired) electrons. The Kier molecular flexibility index (Phi) is 5.65. The van der Waals surface area contributed by atoms with Gasteiger partial charge in [-0.05, 0) is 30.2 Å². The highest BCUT2D eigenvalue weighted by molar-refractivity contribution is 5.14. The van der Waals surface area contributed by atoms with E-state index in [2.05, 4.69) is 55.2 Å². The summed E-state index contributed by atoms with van der Waals surface area (Å²) in [5, 5.41) is 3.79. The van der Waals surface area contributed by atoms with Crippen molar-refractivity contribution in [2.75, 3.05) is 0 Å². The molecule has 2 rings (SSSR count). The molecule has 1 aromatic rings. The molecule has 0 aromatic heterocycles. The summed E-state index contributed by atoms with van der Waals surface area (Å²) >= 11 is 0. The lowest BCUT2D eigenvalue weighted by Crippen LogP contribution is -2.41. The third-order valence-corrected chi connectivity index (χ3v) is 4.48. The van der Waals surface area contributed by atoms with Crippen molar-refractivity contribution in [1.82, 2.24) is 5.32 Å². The minimum Gasteiger partial charge on any atom is -0.309 e. The summed E-state index contributed by atoms with van der Waals surface area (Å²) in [4.78, 5) is 0. The highest BCUT2D eigenvalue weighted by Crippen LogP contribution is 2.30. The first-order chi connectivity index (χ1) is 9.31. The third-order valence-electron chi connectivity index (χ3n) is 4.48. The van der Waals surface area contributed by atoms with Crippen LogP contribution in [0.15, 0.2) is 43.0 Å². The van der Waals surface area contributed by atoms with E-state index in [1.54, 1.807) is 0 Å². The molecule has 1 heteroatoms. The molecule has 0 amide bonds. The molecule has 0 spiro atoms. The zero-order valence-corrected chi connectivity index (χ0v) is 12.1. The Hall–Kier alpha value is -1.08. The average Bonchev–Trinajstić information content (AvgIpc) is 2.49. The van der Waals surface area contributed by atoms with E-state index in [9.17, 15) is 0 Å². The van der Waals surface area contributed by atoms with Gasteiger partial charge in [-0.3, -0.25) is 0 Å². The minimum absolute atomic E-state index is 0.548. The molecule has 19 heavy (non-hydrogen) atoms. The van der Waals surface area contributed by atoms with Gasteiger partial charge in [0.05, 0.1) is 0 Å². The number of hydrogen-bond acceptors (Lipinski definition) is 1. The van der Waals surface area contributed by atoms with Crippen LogP contribution in [-0.4, -0.2) is 6.04 Å². The molecule has 0 saturated heterocycles. The van der Waals surface area contributed by atoms with Gasteiger partial charge in [0.2, 0.25) is 0 Å². The van der Waals surface area contributed by atoms with Crippen molar-refractivity contribution in [3.05, 3.63) is 48.6 Å². The van der Waals surface area contributed by atoms with E-state index in [-0.39, 0.29) is 0 Å². The molecule has 1 aliphatic carbocycles. The van der Waals surface area contributed by atoms with Crippen LogP contribution in [-0.2, 0) is 6.54 Å². The van der Waals surface area contributed by atoms with Crippen LogP contribution in [0.3, 0.4) is 0 Å². The van der Waals surface area contributed by atoms with Crippen LogP contribution in [0.25, 0.3) is 0 Å². The monoisotopic (exact) mass is 257 g/mol. The first-order valence-corrected chi connectivity index (χ1v) is 7.71. The quantitative estimate of drug-likeness (QED) is 0.737. The molecule has 0 heterocycles. The number of nitrogens with one attached hydrogen (secondary N) is 1. The van der Waals surface area contributed by atoms with Gasteiger partial charge in [0.1, 0.15) is 0 Å². The summed E-state index contributed by atoms with van der Waals surface area (Å²) in [5.74, 6) is 1.37. The van der Waals surface area contributed by atoms with Crippen LogP contribution in [0, 0.1) is 11.8 Å². The molecule has 2 atom stereocenters. The van der Waals surface area contributed by atoms with E-state index < -0.39 is 0 Å². The fraction of sp³-hybridized carbons (Fsp3) is 0.556. The number of benzene rings is 1. The van der Waals surface area contributed by atoms with Crippen molar-refractivity contribution < 1.29 is 0 Å². The highest BCUT2D eigenvalue weighted by atomic mass is 14.9. The van der Waals surface area contributed by atoms with Crippen molar-refractivity contribution in [3.8, 4) is 0 Å². The molecule has 1 N–H and O–H groups in total. The van der Waals surface area contributed by atoms with Crippen LogP contribution < -0.4 is 5.32 Å². The summed E-state index contributed by atoms with van der Waals surface area (Å²) < 4.78 is 0. The van der Waals surface area contributed by atoms with Gasteiger partial charge >= 0.3 is 0 Å². The maximum Gasteiger partial charge on any atom is 0.0208 e. The van der Waals surface area contributed by atoms with Crippen molar-refractivity contribution in [1.29, 1.82) is 0 Å². The molecular weight excluding hydrogens is 230 g/mol. The smallest absolute Gasteiger partial charge is 0.0208 e. The summed E-state index contributed by atoms with van der Waals surface area (Å²) in [6.45, 7) is 7.26. The molecule has 1 nitrogen and oxygen atoms in total. The van der Waals surface area contributed by atoms with Crippen molar-refractivity contribution in [2.45, 2.75) is 51.6 Å². The SMILES string of the molecule is C=CC(C)C(NCc1ccccc1)C1CCCCC1. The van der Waals surface area contributed by atoms with Gasteiger partial charge in [0.15, 0.2) is 0 Å². The predicted molar refractivity (Wildman–Crippen MR) is 83.0 cm³/mol.